The lowest BCUT2D eigenvalue weighted by molar-refractivity contribution is 0.0698. The van der Waals surface area contributed by atoms with E-state index in [2.05, 4.69) is 10.3 Å². The van der Waals surface area contributed by atoms with Gasteiger partial charge in [-0.2, -0.15) is 10.5 Å². The number of rotatable bonds is 4. The number of carboxylic acid groups (broad SMARTS) is 1. The van der Waals surface area contributed by atoms with Crippen molar-refractivity contribution in [1.29, 1.82) is 10.5 Å². The lowest BCUT2D eigenvalue weighted by atomic mass is 9.99. The zero-order chi connectivity index (χ0) is 17.8. The predicted molar refractivity (Wildman–Crippen MR) is 93.6 cm³/mol. The first-order valence-electron chi connectivity index (χ1n) is 7.35. The van der Waals surface area contributed by atoms with Crippen LogP contribution in [0.2, 0.25) is 0 Å². The fourth-order valence-corrected chi connectivity index (χ4v) is 2.59. The second kappa shape index (κ2) is 6.61. The average molecular weight is 328 g/mol. The van der Waals surface area contributed by atoms with Gasteiger partial charge in [0.15, 0.2) is 0 Å². The Morgan fingerprint density at radius 3 is 2.68 bits per heavy atom. The van der Waals surface area contributed by atoms with Crippen molar-refractivity contribution in [3.05, 3.63) is 66.0 Å². The highest BCUT2D eigenvalue weighted by Gasteiger charge is 2.12. The molecule has 3 N–H and O–H groups in total. The first-order chi connectivity index (χ1) is 12.1. The minimum atomic E-state index is -1.10. The molecular weight excluding hydrogens is 316 g/mol. The van der Waals surface area contributed by atoms with Crippen molar-refractivity contribution >= 4 is 22.6 Å². The molecule has 1 aromatic heterocycles. The molecular formula is C19H12N4O2. The molecule has 2 aromatic carbocycles. The van der Waals surface area contributed by atoms with Gasteiger partial charge in [0.25, 0.3) is 0 Å². The van der Waals surface area contributed by atoms with E-state index in [0.29, 0.717) is 5.69 Å². The molecule has 0 radical (unpaired) electrons. The van der Waals surface area contributed by atoms with Crippen molar-refractivity contribution in [3.63, 3.8) is 0 Å². The monoisotopic (exact) mass is 328 g/mol. The number of carbonyl (C=O) groups is 1. The molecule has 0 spiro atoms. The SMILES string of the molecule is N#CC(C#N)=CNc1cc(-c2cccc3[nH]ccc23)ccc1C(=O)O. The van der Waals surface area contributed by atoms with E-state index in [1.807, 2.05) is 30.5 Å². The molecule has 3 rings (SSSR count). The Bertz CT molecular complexity index is 1060. The summed E-state index contributed by atoms with van der Waals surface area (Å²) < 4.78 is 0. The van der Waals surface area contributed by atoms with Gasteiger partial charge in [0, 0.05) is 23.3 Å². The first kappa shape index (κ1) is 15.9. The van der Waals surface area contributed by atoms with Crippen LogP contribution < -0.4 is 5.32 Å². The molecule has 0 atom stereocenters. The number of anilines is 1. The lowest BCUT2D eigenvalue weighted by Gasteiger charge is -2.10. The van der Waals surface area contributed by atoms with E-state index < -0.39 is 5.97 Å². The molecule has 0 aliphatic carbocycles. The van der Waals surface area contributed by atoms with Crippen LogP contribution in [-0.4, -0.2) is 16.1 Å². The Hall–Kier alpha value is -4.03. The van der Waals surface area contributed by atoms with Crippen LogP contribution in [0.25, 0.3) is 22.0 Å². The van der Waals surface area contributed by atoms with Crippen LogP contribution in [0.15, 0.2) is 60.4 Å². The van der Waals surface area contributed by atoms with Gasteiger partial charge in [-0.3, -0.25) is 0 Å². The molecule has 0 saturated carbocycles. The molecule has 0 amide bonds. The number of H-pyrrole nitrogens is 1. The van der Waals surface area contributed by atoms with E-state index in [1.54, 1.807) is 24.3 Å². The Morgan fingerprint density at radius 1 is 1.16 bits per heavy atom. The second-order valence-electron chi connectivity index (χ2n) is 5.24. The summed E-state index contributed by atoms with van der Waals surface area (Å²) in [5, 5.41) is 30.7. The maximum absolute atomic E-state index is 11.4. The molecule has 0 aliphatic heterocycles. The summed E-state index contributed by atoms with van der Waals surface area (Å²) >= 11 is 0. The van der Waals surface area contributed by atoms with Crippen LogP contribution in [0.5, 0.6) is 0 Å². The highest BCUT2D eigenvalue weighted by atomic mass is 16.4. The third-order valence-electron chi connectivity index (χ3n) is 3.77. The van der Waals surface area contributed by atoms with Crippen LogP contribution in [-0.2, 0) is 0 Å². The Morgan fingerprint density at radius 2 is 1.96 bits per heavy atom. The quantitative estimate of drug-likeness (QED) is 0.629. The Labute approximate surface area is 143 Å². The molecule has 3 aromatic rings. The first-order valence-corrected chi connectivity index (χ1v) is 7.35. The van der Waals surface area contributed by atoms with Gasteiger partial charge in [-0.25, -0.2) is 4.79 Å². The number of fused-ring (bicyclic) bond motifs is 1. The van der Waals surface area contributed by atoms with Gasteiger partial charge in [-0.1, -0.05) is 18.2 Å². The van der Waals surface area contributed by atoms with Crippen molar-refractivity contribution < 1.29 is 9.90 Å². The maximum atomic E-state index is 11.4. The van der Waals surface area contributed by atoms with Crippen molar-refractivity contribution in [2.75, 3.05) is 5.32 Å². The van der Waals surface area contributed by atoms with Gasteiger partial charge in [0.2, 0.25) is 0 Å². The highest BCUT2D eigenvalue weighted by molar-refractivity contribution is 5.99. The van der Waals surface area contributed by atoms with Gasteiger partial charge in [0.05, 0.1) is 11.3 Å². The summed E-state index contributed by atoms with van der Waals surface area (Å²) in [4.78, 5) is 14.6. The minimum absolute atomic E-state index is 0.0523. The third kappa shape index (κ3) is 3.05. The number of nitriles is 2. The molecule has 1 heterocycles. The molecule has 0 fully saturated rings. The molecule has 0 bridgehead atoms. The van der Waals surface area contributed by atoms with Gasteiger partial charge >= 0.3 is 5.97 Å². The molecule has 25 heavy (non-hydrogen) atoms. The zero-order valence-electron chi connectivity index (χ0n) is 12.9. The minimum Gasteiger partial charge on any atom is -0.478 e. The van der Waals surface area contributed by atoms with Crippen LogP contribution in [0.3, 0.4) is 0 Å². The molecule has 120 valence electrons. The molecule has 6 nitrogen and oxygen atoms in total. The summed E-state index contributed by atoms with van der Waals surface area (Å²) in [5.74, 6) is -1.10. The van der Waals surface area contributed by atoms with E-state index in [1.165, 1.54) is 12.3 Å². The highest BCUT2D eigenvalue weighted by Crippen LogP contribution is 2.31. The smallest absolute Gasteiger partial charge is 0.337 e. The third-order valence-corrected chi connectivity index (χ3v) is 3.77. The van der Waals surface area contributed by atoms with E-state index >= 15 is 0 Å². The standard InChI is InChI=1S/C19H12N4O2/c20-9-12(10-21)11-23-18-8-13(4-5-16(18)19(24)25)14-2-1-3-17-15(14)6-7-22-17/h1-8,11,22-23H,(H,24,25). The van der Waals surface area contributed by atoms with Crippen molar-refractivity contribution in [2.45, 2.75) is 0 Å². The van der Waals surface area contributed by atoms with Gasteiger partial charge < -0.3 is 15.4 Å². The lowest BCUT2D eigenvalue weighted by Crippen LogP contribution is -2.03. The fourth-order valence-electron chi connectivity index (χ4n) is 2.59. The number of hydrogen-bond acceptors (Lipinski definition) is 4. The normalized spacial score (nSPS) is 9.84. The van der Waals surface area contributed by atoms with Crippen LogP contribution in [0.1, 0.15) is 10.4 Å². The van der Waals surface area contributed by atoms with E-state index in [-0.39, 0.29) is 11.1 Å². The Kier molecular flexibility index (Phi) is 4.19. The summed E-state index contributed by atoms with van der Waals surface area (Å²) in [6, 6.07) is 16.1. The average Bonchev–Trinajstić information content (AvgIpc) is 3.11. The van der Waals surface area contributed by atoms with Crippen LogP contribution >= 0.6 is 0 Å². The number of aromatic amines is 1. The topological polar surface area (TPSA) is 113 Å². The van der Waals surface area contributed by atoms with E-state index in [4.69, 9.17) is 10.5 Å². The molecule has 0 aliphatic rings. The number of allylic oxidation sites excluding steroid dienone is 1. The Balaban J connectivity index is 2.12. The number of hydrogen-bond donors (Lipinski definition) is 3. The number of nitrogens with one attached hydrogen (secondary N) is 2. The summed E-state index contributed by atoms with van der Waals surface area (Å²) in [6.07, 6.45) is 3.04. The molecule has 0 saturated heterocycles. The largest absolute Gasteiger partial charge is 0.478 e. The molecule has 6 heteroatoms. The predicted octanol–water partition coefficient (Wildman–Crippen LogP) is 3.88. The number of carboxylic acids is 1. The van der Waals surface area contributed by atoms with E-state index in [9.17, 15) is 9.90 Å². The molecule has 0 unspecified atom stereocenters. The van der Waals surface area contributed by atoms with Gasteiger partial charge in [0.1, 0.15) is 17.7 Å². The van der Waals surface area contributed by atoms with Gasteiger partial charge in [-0.15, -0.1) is 0 Å². The van der Waals surface area contributed by atoms with Crippen molar-refractivity contribution in [2.24, 2.45) is 0 Å². The van der Waals surface area contributed by atoms with Crippen LogP contribution in [0, 0.1) is 22.7 Å². The number of benzene rings is 2. The summed E-state index contributed by atoms with van der Waals surface area (Å²) in [5.41, 5.74) is 2.96. The maximum Gasteiger partial charge on any atom is 0.337 e. The zero-order valence-corrected chi connectivity index (χ0v) is 12.9. The van der Waals surface area contributed by atoms with Crippen molar-refractivity contribution in [3.8, 4) is 23.3 Å². The van der Waals surface area contributed by atoms with Crippen molar-refractivity contribution in [1.82, 2.24) is 4.98 Å². The summed E-state index contributed by atoms with van der Waals surface area (Å²) in [6.45, 7) is 0. The van der Waals surface area contributed by atoms with Crippen LogP contribution in [0.4, 0.5) is 5.69 Å². The second-order valence-corrected chi connectivity index (χ2v) is 5.24. The number of aromatic nitrogens is 1. The number of aromatic carboxylic acids is 1. The fraction of sp³-hybridized carbons (Fsp3) is 0. The van der Waals surface area contributed by atoms with E-state index in [0.717, 1.165) is 22.0 Å². The number of nitrogens with zero attached hydrogens (tertiary/aromatic N) is 2. The summed E-state index contributed by atoms with van der Waals surface area (Å²) in [7, 11) is 0. The van der Waals surface area contributed by atoms with Gasteiger partial charge in [-0.05, 0) is 35.4 Å².